The predicted octanol–water partition coefficient (Wildman–Crippen LogP) is 1.49. The standard InChI is InChI=1S/C10H21NO/c1-3-4-5-9(2)6-11-7-10(12)8-11/h9-10,12H,3-8H2,1-2H3. The van der Waals surface area contributed by atoms with E-state index in [1.54, 1.807) is 0 Å². The minimum Gasteiger partial charge on any atom is -0.390 e. The number of nitrogens with zero attached hydrogens (tertiary/aromatic N) is 1. The van der Waals surface area contributed by atoms with Crippen LogP contribution < -0.4 is 0 Å². The second-order valence-corrected chi connectivity index (χ2v) is 4.12. The van der Waals surface area contributed by atoms with Gasteiger partial charge in [-0.05, 0) is 12.3 Å². The predicted molar refractivity (Wildman–Crippen MR) is 51.1 cm³/mol. The van der Waals surface area contributed by atoms with E-state index in [1.807, 2.05) is 0 Å². The number of unbranched alkanes of at least 4 members (excludes halogenated alkanes) is 1. The van der Waals surface area contributed by atoms with Crippen LogP contribution >= 0.6 is 0 Å². The van der Waals surface area contributed by atoms with Crippen LogP contribution in [0.4, 0.5) is 0 Å². The highest BCUT2D eigenvalue weighted by molar-refractivity contribution is 4.79. The van der Waals surface area contributed by atoms with E-state index < -0.39 is 0 Å². The minimum absolute atomic E-state index is 0.0385. The molecule has 0 aromatic heterocycles. The molecule has 1 N–H and O–H groups in total. The van der Waals surface area contributed by atoms with Crippen molar-refractivity contribution in [1.29, 1.82) is 0 Å². The van der Waals surface area contributed by atoms with E-state index in [0.717, 1.165) is 19.0 Å². The SMILES string of the molecule is CCCCC(C)CN1CC(O)C1. The summed E-state index contributed by atoms with van der Waals surface area (Å²) in [4.78, 5) is 2.34. The number of hydrogen-bond donors (Lipinski definition) is 1. The second kappa shape index (κ2) is 4.83. The lowest BCUT2D eigenvalue weighted by Crippen LogP contribution is -2.51. The first kappa shape index (κ1) is 10.0. The molecule has 0 aromatic rings. The number of likely N-dealkylation sites (tertiary alicyclic amines) is 1. The van der Waals surface area contributed by atoms with Gasteiger partial charge in [0.15, 0.2) is 0 Å². The summed E-state index contributed by atoms with van der Waals surface area (Å²) >= 11 is 0. The van der Waals surface area contributed by atoms with Crippen molar-refractivity contribution in [2.75, 3.05) is 19.6 Å². The molecule has 2 nitrogen and oxygen atoms in total. The zero-order chi connectivity index (χ0) is 8.97. The smallest absolute Gasteiger partial charge is 0.0793 e. The molecule has 0 radical (unpaired) electrons. The molecule has 0 amide bonds. The molecule has 0 saturated carbocycles. The number of hydrogen-bond acceptors (Lipinski definition) is 2. The highest BCUT2D eigenvalue weighted by atomic mass is 16.3. The molecular weight excluding hydrogens is 150 g/mol. The fraction of sp³-hybridized carbons (Fsp3) is 1.00. The Hall–Kier alpha value is -0.0800. The molecule has 12 heavy (non-hydrogen) atoms. The molecule has 0 aliphatic carbocycles. The van der Waals surface area contributed by atoms with Gasteiger partial charge in [-0.1, -0.05) is 26.7 Å². The van der Waals surface area contributed by atoms with Crippen LogP contribution in [0, 0.1) is 5.92 Å². The van der Waals surface area contributed by atoms with E-state index in [-0.39, 0.29) is 6.10 Å². The number of aliphatic hydroxyl groups excluding tert-OH is 1. The first-order valence-corrected chi connectivity index (χ1v) is 5.12. The molecule has 1 rings (SSSR count). The fourth-order valence-corrected chi connectivity index (χ4v) is 1.78. The van der Waals surface area contributed by atoms with Gasteiger partial charge >= 0.3 is 0 Å². The van der Waals surface area contributed by atoms with E-state index in [0.29, 0.717) is 0 Å². The third kappa shape index (κ3) is 3.11. The first-order valence-electron chi connectivity index (χ1n) is 5.12. The van der Waals surface area contributed by atoms with Gasteiger partial charge in [0.25, 0.3) is 0 Å². The maximum absolute atomic E-state index is 9.07. The molecule has 2 heteroatoms. The van der Waals surface area contributed by atoms with Crippen molar-refractivity contribution in [3.63, 3.8) is 0 Å². The molecule has 0 spiro atoms. The van der Waals surface area contributed by atoms with Gasteiger partial charge in [0.05, 0.1) is 6.10 Å². The lowest BCUT2D eigenvalue weighted by Gasteiger charge is -2.37. The Morgan fingerprint density at radius 2 is 2.17 bits per heavy atom. The van der Waals surface area contributed by atoms with E-state index >= 15 is 0 Å². The largest absolute Gasteiger partial charge is 0.390 e. The van der Waals surface area contributed by atoms with Gasteiger partial charge in [0, 0.05) is 19.6 Å². The zero-order valence-electron chi connectivity index (χ0n) is 8.29. The van der Waals surface area contributed by atoms with Crippen LogP contribution in [0.3, 0.4) is 0 Å². The third-order valence-corrected chi connectivity index (χ3v) is 2.56. The Morgan fingerprint density at radius 3 is 2.67 bits per heavy atom. The molecule has 1 aliphatic rings. The summed E-state index contributed by atoms with van der Waals surface area (Å²) < 4.78 is 0. The van der Waals surface area contributed by atoms with Crippen molar-refractivity contribution in [3.8, 4) is 0 Å². The van der Waals surface area contributed by atoms with E-state index in [9.17, 15) is 0 Å². The van der Waals surface area contributed by atoms with Crippen molar-refractivity contribution >= 4 is 0 Å². The summed E-state index contributed by atoms with van der Waals surface area (Å²) in [5.74, 6) is 0.803. The molecular formula is C10H21NO. The van der Waals surface area contributed by atoms with Gasteiger partial charge in [-0.15, -0.1) is 0 Å². The number of aliphatic hydroxyl groups is 1. The molecule has 1 saturated heterocycles. The quantitative estimate of drug-likeness (QED) is 0.677. The molecule has 1 unspecified atom stereocenters. The minimum atomic E-state index is -0.0385. The average molecular weight is 171 g/mol. The van der Waals surface area contributed by atoms with Crippen LogP contribution in [0.1, 0.15) is 33.1 Å². The van der Waals surface area contributed by atoms with Gasteiger partial charge in [0.1, 0.15) is 0 Å². The Kier molecular flexibility index (Phi) is 4.02. The molecule has 1 aliphatic heterocycles. The second-order valence-electron chi connectivity index (χ2n) is 4.12. The summed E-state index contributed by atoms with van der Waals surface area (Å²) in [6, 6.07) is 0. The van der Waals surface area contributed by atoms with E-state index in [2.05, 4.69) is 18.7 Å². The van der Waals surface area contributed by atoms with Crippen molar-refractivity contribution in [2.24, 2.45) is 5.92 Å². The molecule has 1 heterocycles. The lowest BCUT2D eigenvalue weighted by molar-refractivity contribution is -0.00587. The molecule has 0 bridgehead atoms. The Bertz CT molecular complexity index is 121. The summed E-state index contributed by atoms with van der Waals surface area (Å²) in [6.45, 7) is 7.52. The summed E-state index contributed by atoms with van der Waals surface area (Å²) in [5, 5.41) is 9.07. The van der Waals surface area contributed by atoms with Crippen LogP contribution in [0.15, 0.2) is 0 Å². The van der Waals surface area contributed by atoms with E-state index in [1.165, 1.54) is 25.8 Å². The van der Waals surface area contributed by atoms with Crippen molar-refractivity contribution in [1.82, 2.24) is 4.90 Å². The Labute approximate surface area is 75.6 Å². The molecule has 1 fully saturated rings. The summed E-state index contributed by atoms with van der Waals surface area (Å²) in [5.41, 5.74) is 0. The van der Waals surface area contributed by atoms with Crippen LogP contribution in [-0.4, -0.2) is 35.7 Å². The van der Waals surface area contributed by atoms with Crippen molar-refractivity contribution in [3.05, 3.63) is 0 Å². The third-order valence-electron chi connectivity index (χ3n) is 2.56. The number of rotatable bonds is 5. The van der Waals surface area contributed by atoms with E-state index in [4.69, 9.17) is 5.11 Å². The van der Waals surface area contributed by atoms with Gasteiger partial charge in [-0.25, -0.2) is 0 Å². The van der Waals surface area contributed by atoms with Crippen molar-refractivity contribution in [2.45, 2.75) is 39.2 Å². The van der Waals surface area contributed by atoms with Crippen molar-refractivity contribution < 1.29 is 5.11 Å². The number of β-amino-alcohol motifs (C(OH)–C–C–N with tert-alkyl or cyclic N) is 1. The first-order chi connectivity index (χ1) is 5.72. The van der Waals surface area contributed by atoms with Crippen LogP contribution in [0.2, 0.25) is 0 Å². The van der Waals surface area contributed by atoms with Gasteiger partial charge in [0.2, 0.25) is 0 Å². The molecule has 0 aromatic carbocycles. The summed E-state index contributed by atoms with van der Waals surface area (Å²) in [6.07, 6.45) is 3.94. The fourth-order valence-electron chi connectivity index (χ4n) is 1.78. The normalized spacial score (nSPS) is 22.2. The van der Waals surface area contributed by atoms with Gasteiger partial charge < -0.3 is 5.11 Å². The molecule has 72 valence electrons. The van der Waals surface area contributed by atoms with Crippen LogP contribution in [0.5, 0.6) is 0 Å². The lowest BCUT2D eigenvalue weighted by atomic mass is 10.0. The van der Waals surface area contributed by atoms with Crippen LogP contribution in [0.25, 0.3) is 0 Å². The summed E-state index contributed by atoms with van der Waals surface area (Å²) in [7, 11) is 0. The maximum atomic E-state index is 9.07. The van der Waals surface area contributed by atoms with Crippen LogP contribution in [-0.2, 0) is 0 Å². The monoisotopic (exact) mass is 171 g/mol. The zero-order valence-corrected chi connectivity index (χ0v) is 8.29. The Balaban J connectivity index is 1.98. The van der Waals surface area contributed by atoms with Gasteiger partial charge in [-0.2, -0.15) is 0 Å². The van der Waals surface area contributed by atoms with Gasteiger partial charge in [-0.3, -0.25) is 4.90 Å². The topological polar surface area (TPSA) is 23.5 Å². The molecule has 1 atom stereocenters. The maximum Gasteiger partial charge on any atom is 0.0793 e. The average Bonchev–Trinajstić information content (AvgIpc) is 1.98. The highest BCUT2D eigenvalue weighted by Gasteiger charge is 2.24. The Morgan fingerprint density at radius 1 is 1.50 bits per heavy atom. The highest BCUT2D eigenvalue weighted by Crippen LogP contribution is 2.14.